The van der Waals surface area contributed by atoms with E-state index in [0.717, 1.165) is 12.1 Å². The first-order chi connectivity index (χ1) is 9.64. The molecule has 0 aliphatic carbocycles. The fourth-order valence-electron chi connectivity index (χ4n) is 1.76. The first kappa shape index (κ1) is 16.7. The number of carbonyl (C=O) groups is 1. The van der Waals surface area contributed by atoms with Crippen molar-refractivity contribution in [2.45, 2.75) is 25.6 Å². The number of hydrogen-bond acceptors (Lipinski definition) is 4. The van der Waals surface area contributed by atoms with Gasteiger partial charge in [0, 0.05) is 24.7 Å². The van der Waals surface area contributed by atoms with Crippen LogP contribution in [-0.4, -0.2) is 30.1 Å². The van der Waals surface area contributed by atoms with Gasteiger partial charge in [0.15, 0.2) is 0 Å². The van der Waals surface area contributed by atoms with E-state index in [2.05, 4.69) is 10.6 Å². The minimum absolute atomic E-state index is 0.116. The quantitative estimate of drug-likeness (QED) is 0.647. The first-order valence-corrected chi connectivity index (χ1v) is 5.98. The number of nitrogens with zero attached hydrogens (tertiary/aromatic N) is 1. The molecule has 9 heteroatoms. The Kier molecular flexibility index (Phi) is 5.12. The molecule has 1 rings (SSSR count). The molecule has 1 aromatic rings. The molecule has 0 spiro atoms. The van der Waals surface area contributed by atoms with Crippen molar-refractivity contribution < 1.29 is 22.9 Å². The molecule has 116 valence electrons. The Bertz CT molecular complexity index is 546. The van der Waals surface area contributed by atoms with Crippen LogP contribution in [-0.2, 0) is 0 Å². The maximum atomic E-state index is 12.3. The molecule has 0 aromatic heterocycles. The Morgan fingerprint density at radius 1 is 1.43 bits per heavy atom. The van der Waals surface area contributed by atoms with Gasteiger partial charge in [0.1, 0.15) is 5.69 Å². The molecular formula is C12H14F3N3O3. The van der Waals surface area contributed by atoms with Gasteiger partial charge in [0.25, 0.3) is 11.6 Å². The molecule has 6 nitrogen and oxygen atoms in total. The van der Waals surface area contributed by atoms with Crippen LogP contribution in [0.3, 0.4) is 0 Å². The molecule has 0 radical (unpaired) electrons. The van der Waals surface area contributed by atoms with Gasteiger partial charge < -0.3 is 10.6 Å². The van der Waals surface area contributed by atoms with Gasteiger partial charge in [-0.15, -0.1) is 0 Å². The topological polar surface area (TPSA) is 84.3 Å². The number of amides is 1. The van der Waals surface area contributed by atoms with Gasteiger partial charge >= 0.3 is 6.18 Å². The highest BCUT2D eigenvalue weighted by Gasteiger charge is 2.30. The molecule has 0 heterocycles. The van der Waals surface area contributed by atoms with Crippen molar-refractivity contribution in [1.29, 1.82) is 0 Å². The summed E-state index contributed by atoms with van der Waals surface area (Å²) in [6.45, 7) is 1.25. The molecule has 1 atom stereocenters. The maximum Gasteiger partial charge on any atom is 0.391 e. The minimum Gasteiger partial charge on any atom is -0.377 e. The highest BCUT2D eigenvalue weighted by Crippen LogP contribution is 2.29. The summed E-state index contributed by atoms with van der Waals surface area (Å²) in [6.07, 6.45) is -5.53. The molecule has 0 aliphatic heterocycles. The Balaban J connectivity index is 3.06. The number of halogens is 3. The molecule has 1 amide bonds. The highest BCUT2D eigenvalue weighted by molar-refractivity contribution is 5.95. The highest BCUT2D eigenvalue weighted by atomic mass is 19.4. The standard InChI is InChI=1S/C12H14F3N3O3/c1-7(6-12(13,14)15)17-9-5-8(11(19)16-2)3-4-10(9)18(20)21/h3-5,7,17H,6H2,1-2H3,(H,16,19). The lowest BCUT2D eigenvalue weighted by Crippen LogP contribution is -2.24. The maximum absolute atomic E-state index is 12.3. The molecule has 0 bridgehead atoms. The Morgan fingerprint density at radius 2 is 2.05 bits per heavy atom. The Morgan fingerprint density at radius 3 is 2.52 bits per heavy atom. The summed E-state index contributed by atoms with van der Waals surface area (Å²) in [6, 6.07) is 2.40. The lowest BCUT2D eigenvalue weighted by molar-refractivity contribution is -0.384. The van der Waals surface area contributed by atoms with Crippen LogP contribution in [0.25, 0.3) is 0 Å². The number of hydrogen-bond donors (Lipinski definition) is 2. The van der Waals surface area contributed by atoms with E-state index in [4.69, 9.17) is 0 Å². The summed E-state index contributed by atoms with van der Waals surface area (Å²) in [5.74, 6) is -0.489. The fraction of sp³-hybridized carbons (Fsp3) is 0.417. The van der Waals surface area contributed by atoms with Crippen molar-refractivity contribution in [2.75, 3.05) is 12.4 Å². The van der Waals surface area contributed by atoms with Crippen LogP contribution in [0.15, 0.2) is 18.2 Å². The van der Waals surface area contributed by atoms with Gasteiger partial charge in [-0.2, -0.15) is 13.2 Å². The predicted octanol–water partition coefficient (Wildman–Crippen LogP) is 2.71. The Labute approximate surface area is 118 Å². The molecule has 0 saturated heterocycles. The van der Waals surface area contributed by atoms with Gasteiger partial charge in [-0.1, -0.05) is 0 Å². The molecule has 1 aromatic carbocycles. The van der Waals surface area contributed by atoms with E-state index in [9.17, 15) is 28.1 Å². The molecule has 1 unspecified atom stereocenters. The zero-order valence-corrected chi connectivity index (χ0v) is 11.3. The average Bonchev–Trinajstić information content (AvgIpc) is 2.34. The van der Waals surface area contributed by atoms with E-state index in [1.807, 2.05) is 0 Å². The third kappa shape index (κ3) is 4.93. The van der Waals surface area contributed by atoms with E-state index in [0.29, 0.717) is 0 Å². The summed E-state index contributed by atoms with van der Waals surface area (Å²) in [5.41, 5.74) is -0.403. The van der Waals surface area contributed by atoms with Crippen molar-refractivity contribution in [3.05, 3.63) is 33.9 Å². The van der Waals surface area contributed by atoms with Gasteiger partial charge in [0.2, 0.25) is 0 Å². The molecule has 21 heavy (non-hydrogen) atoms. The predicted molar refractivity (Wildman–Crippen MR) is 70.2 cm³/mol. The number of nitro benzene ring substituents is 1. The van der Waals surface area contributed by atoms with Crippen LogP contribution in [0.4, 0.5) is 24.5 Å². The van der Waals surface area contributed by atoms with Gasteiger partial charge in [-0.05, 0) is 19.1 Å². The average molecular weight is 305 g/mol. The van der Waals surface area contributed by atoms with E-state index in [1.54, 1.807) is 0 Å². The SMILES string of the molecule is CNC(=O)c1ccc([N+](=O)[O-])c(NC(C)CC(F)(F)F)c1. The summed E-state index contributed by atoms with van der Waals surface area (Å²) in [5, 5.41) is 15.6. The number of rotatable bonds is 5. The van der Waals surface area contributed by atoms with Gasteiger partial charge in [0.05, 0.1) is 11.3 Å². The van der Waals surface area contributed by atoms with Crippen LogP contribution in [0.2, 0.25) is 0 Å². The van der Waals surface area contributed by atoms with E-state index >= 15 is 0 Å². The van der Waals surface area contributed by atoms with Crippen molar-refractivity contribution in [2.24, 2.45) is 0 Å². The van der Waals surface area contributed by atoms with Crippen LogP contribution >= 0.6 is 0 Å². The second kappa shape index (κ2) is 6.42. The zero-order valence-electron chi connectivity index (χ0n) is 11.3. The van der Waals surface area contributed by atoms with Gasteiger partial charge in [-0.3, -0.25) is 14.9 Å². The van der Waals surface area contributed by atoms with E-state index in [1.165, 1.54) is 20.0 Å². The summed E-state index contributed by atoms with van der Waals surface area (Å²) >= 11 is 0. The van der Waals surface area contributed by atoms with Gasteiger partial charge in [-0.25, -0.2) is 0 Å². The van der Waals surface area contributed by atoms with E-state index < -0.39 is 35.2 Å². The smallest absolute Gasteiger partial charge is 0.377 e. The number of alkyl halides is 3. The number of anilines is 1. The molecule has 2 N–H and O–H groups in total. The first-order valence-electron chi connectivity index (χ1n) is 5.98. The second-order valence-corrected chi connectivity index (χ2v) is 4.43. The number of nitrogens with one attached hydrogen (secondary N) is 2. The van der Waals surface area contributed by atoms with Crippen molar-refractivity contribution >= 4 is 17.3 Å². The third-order valence-electron chi connectivity index (χ3n) is 2.62. The van der Waals surface area contributed by atoms with Crippen molar-refractivity contribution in [3.63, 3.8) is 0 Å². The minimum atomic E-state index is -4.39. The normalized spacial score (nSPS) is 12.6. The lowest BCUT2D eigenvalue weighted by Gasteiger charge is -2.17. The largest absolute Gasteiger partial charge is 0.391 e. The third-order valence-corrected chi connectivity index (χ3v) is 2.62. The van der Waals surface area contributed by atoms with E-state index in [-0.39, 0.29) is 11.3 Å². The number of nitro groups is 1. The fourth-order valence-corrected chi connectivity index (χ4v) is 1.76. The lowest BCUT2D eigenvalue weighted by atomic mass is 10.1. The summed E-state index contributed by atoms with van der Waals surface area (Å²) in [4.78, 5) is 21.6. The molecule has 0 aliphatic rings. The van der Waals surface area contributed by atoms with Crippen LogP contribution < -0.4 is 10.6 Å². The monoisotopic (exact) mass is 305 g/mol. The number of benzene rings is 1. The molecule has 0 saturated carbocycles. The van der Waals surface area contributed by atoms with Crippen LogP contribution in [0, 0.1) is 10.1 Å². The number of carbonyl (C=O) groups excluding carboxylic acids is 1. The summed E-state index contributed by atoms with van der Waals surface area (Å²) < 4.78 is 36.9. The molecular weight excluding hydrogens is 291 g/mol. The van der Waals surface area contributed by atoms with Crippen molar-refractivity contribution in [1.82, 2.24) is 5.32 Å². The van der Waals surface area contributed by atoms with Crippen LogP contribution in [0.1, 0.15) is 23.7 Å². The zero-order chi connectivity index (χ0) is 16.2. The van der Waals surface area contributed by atoms with Crippen LogP contribution in [0.5, 0.6) is 0 Å². The Hall–Kier alpha value is -2.32. The van der Waals surface area contributed by atoms with Crippen molar-refractivity contribution in [3.8, 4) is 0 Å². The summed E-state index contributed by atoms with van der Waals surface area (Å²) in [7, 11) is 1.38. The molecule has 0 fully saturated rings. The second-order valence-electron chi connectivity index (χ2n) is 4.43.